The number of hydrogen-bond donors (Lipinski definition) is 1. The van der Waals surface area contributed by atoms with E-state index in [2.05, 4.69) is 6.92 Å². The van der Waals surface area contributed by atoms with E-state index in [1.165, 1.54) is 12.8 Å². The van der Waals surface area contributed by atoms with Crippen LogP contribution in [0.3, 0.4) is 0 Å². The zero-order valence-electron chi connectivity index (χ0n) is 11.1. The first-order chi connectivity index (χ1) is 7.35. The Morgan fingerprint density at radius 1 is 1.25 bits per heavy atom. The minimum Gasteiger partial charge on any atom is -0.460 e. The number of hydrogen-bond acceptors (Lipinski definition) is 3. The lowest BCUT2D eigenvalue weighted by Crippen LogP contribution is -2.26. The van der Waals surface area contributed by atoms with Gasteiger partial charge in [0.25, 0.3) is 0 Å². The maximum atomic E-state index is 11.4. The Hall–Kier alpha value is -0.570. The van der Waals surface area contributed by atoms with Crippen LogP contribution in [0.1, 0.15) is 66.2 Å². The molecular formula is C13H26O3. The molecule has 96 valence electrons. The van der Waals surface area contributed by atoms with Gasteiger partial charge < -0.3 is 9.84 Å². The number of esters is 1. The lowest BCUT2D eigenvalue weighted by atomic mass is 10.1. The van der Waals surface area contributed by atoms with Gasteiger partial charge in [-0.1, -0.05) is 32.6 Å². The number of aliphatic hydroxyl groups excluding tert-OH is 1. The second kappa shape index (κ2) is 7.66. The fourth-order valence-corrected chi connectivity index (χ4v) is 1.48. The summed E-state index contributed by atoms with van der Waals surface area (Å²) in [5.74, 6) is -0.310. The van der Waals surface area contributed by atoms with Gasteiger partial charge in [-0.25, -0.2) is 0 Å². The summed E-state index contributed by atoms with van der Waals surface area (Å²) in [4.78, 5) is 11.4. The van der Waals surface area contributed by atoms with Crippen LogP contribution in [0.25, 0.3) is 0 Å². The van der Waals surface area contributed by atoms with E-state index in [0.29, 0.717) is 6.42 Å². The molecular weight excluding hydrogens is 204 g/mol. The standard InChI is InChI=1S/C13H26O3/c1-5-6-7-8-9-11(14)10-12(15)16-13(2,3)4/h11,14H,5-10H2,1-4H3/t11-/m0/s1. The molecule has 0 aromatic rings. The van der Waals surface area contributed by atoms with Crippen LogP contribution in [0.5, 0.6) is 0 Å². The average molecular weight is 230 g/mol. The summed E-state index contributed by atoms with van der Waals surface area (Å²) >= 11 is 0. The van der Waals surface area contributed by atoms with Crippen LogP contribution in [-0.2, 0) is 9.53 Å². The topological polar surface area (TPSA) is 46.5 Å². The molecule has 0 rings (SSSR count). The second-order valence-corrected chi connectivity index (χ2v) is 5.29. The lowest BCUT2D eigenvalue weighted by molar-refractivity contribution is -0.157. The van der Waals surface area contributed by atoms with Crippen molar-refractivity contribution in [1.82, 2.24) is 0 Å². The number of aliphatic hydroxyl groups is 1. The minimum atomic E-state index is -0.549. The fraction of sp³-hybridized carbons (Fsp3) is 0.923. The van der Waals surface area contributed by atoms with Crippen molar-refractivity contribution in [2.75, 3.05) is 0 Å². The third-order valence-electron chi connectivity index (χ3n) is 2.21. The first-order valence-electron chi connectivity index (χ1n) is 6.25. The van der Waals surface area contributed by atoms with E-state index in [0.717, 1.165) is 12.8 Å². The van der Waals surface area contributed by atoms with E-state index in [4.69, 9.17) is 4.74 Å². The van der Waals surface area contributed by atoms with Crippen molar-refractivity contribution in [3.8, 4) is 0 Å². The molecule has 0 aromatic heterocycles. The van der Waals surface area contributed by atoms with Crippen LogP contribution in [-0.4, -0.2) is 22.8 Å². The van der Waals surface area contributed by atoms with Gasteiger partial charge in [0.15, 0.2) is 0 Å². The van der Waals surface area contributed by atoms with Gasteiger partial charge in [0.05, 0.1) is 12.5 Å². The van der Waals surface area contributed by atoms with E-state index in [9.17, 15) is 9.90 Å². The van der Waals surface area contributed by atoms with E-state index in [-0.39, 0.29) is 12.4 Å². The predicted octanol–water partition coefficient (Wildman–Crippen LogP) is 3.05. The van der Waals surface area contributed by atoms with Crippen LogP contribution >= 0.6 is 0 Å². The number of ether oxygens (including phenoxy) is 1. The molecule has 0 radical (unpaired) electrons. The highest BCUT2D eigenvalue weighted by atomic mass is 16.6. The van der Waals surface area contributed by atoms with Gasteiger partial charge >= 0.3 is 5.97 Å². The summed E-state index contributed by atoms with van der Waals surface area (Å²) in [5, 5.41) is 9.61. The highest BCUT2D eigenvalue weighted by Gasteiger charge is 2.18. The first-order valence-corrected chi connectivity index (χ1v) is 6.25. The molecule has 3 nitrogen and oxygen atoms in total. The molecule has 3 heteroatoms. The molecule has 0 aliphatic carbocycles. The SMILES string of the molecule is CCCCCC[C@H](O)CC(=O)OC(C)(C)C. The maximum Gasteiger partial charge on any atom is 0.308 e. The van der Waals surface area contributed by atoms with Gasteiger partial charge in [-0.15, -0.1) is 0 Å². The van der Waals surface area contributed by atoms with E-state index in [1.807, 2.05) is 20.8 Å². The lowest BCUT2D eigenvalue weighted by Gasteiger charge is -2.20. The second-order valence-electron chi connectivity index (χ2n) is 5.29. The van der Waals surface area contributed by atoms with Crippen molar-refractivity contribution in [2.45, 2.75) is 77.9 Å². The van der Waals surface area contributed by atoms with E-state index >= 15 is 0 Å². The summed E-state index contributed by atoms with van der Waals surface area (Å²) < 4.78 is 5.14. The Morgan fingerprint density at radius 3 is 2.38 bits per heavy atom. The monoisotopic (exact) mass is 230 g/mol. The molecule has 0 saturated heterocycles. The first kappa shape index (κ1) is 15.4. The molecule has 0 saturated carbocycles. The minimum absolute atomic E-state index is 0.114. The average Bonchev–Trinajstić information content (AvgIpc) is 2.09. The van der Waals surface area contributed by atoms with Gasteiger partial charge in [0.2, 0.25) is 0 Å². The molecule has 0 aliphatic heterocycles. The number of unbranched alkanes of at least 4 members (excludes halogenated alkanes) is 3. The highest BCUT2D eigenvalue weighted by molar-refractivity contribution is 5.70. The molecule has 1 atom stereocenters. The van der Waals surface area contributed by atoms with Gasteiger partial charge in [-0.2, -0.15) is 0 Å². The van der Waals surface area contributed by atoms with Crippen molar-refractivity contribution in [2.24, 2.45) is 0 Å². The molecule has 0 bridgehead atoms. The van der Waals surface area contributed by atoms with Crippen molar-refractivity contribution in [3.63, 3.8) is 0 Å². The van der Waals surface area contributed by atoms with Crippen LogP contribution in [0.4, 0.5) is 0 Å². The van der Waals surface area contributed by atoms with Crippen LogP contribution in [0.2, 0.25) is 0 Å². The maximum absolute atomic E-state index is 11.4. The quantitative estimate of drug-likeness (QED) is 0.540. The largest absolute Gasteiger partial charge is 0.460 e. The molecule has 0 unspecified atom stereocenters. The van der Waals surface area contributed by atoms with Gasteiger partial charge in [0, 0.05) is 0 Å². The van der Waals surface area contributed by atoms with Crippen LogP contribution in [0.15, 0.2) is 0 Å². The number of rotatable bonds is 7. The van der Waals surface area contributed by atoms with Crippen molar-refractivity contribution >= 4 is 5.97 Å². The number of carbonyl (C=O) groups is 1. The molecule has 1 N–H and O–H groups in total. The van der Waals surface area contributed by atoms with Crippen molar-refractivity contribution < 1.29 is 14.6 Å². The summed E-state index contributed by atoms with van der Waals surface area (Å²) in [6.07, 6.45) is 4.75. The van der Waals surface area contributed by atoms with Gasteiger partial charge in [-0.05, 0) is 27.2 Å². The van der Waals surface area contributed by atoms with Crippen LogP contribution in [0, 0.1) is 0 Å². The molecule has 0 fully saturated rings. The Morgan fingerprint density at radius 2 is 1.88 bits per heavy atom. The predicted molar refractivity (Wildman–Crippen MR) is 65.2 cm³/mol. The Labute approximate surface area is 99.2 Å². The molecule has 0 aromatic carbocycles. The molecule has 16 heavy (non-hydrogen) atoms. The third-order valence-corrected chi connectivity index (χ3v) is 2.21. The highest BCUT2D eigenvalue weighted by Crippen LogP contribution is 2.12. The Kier molecular flexibility index (Phi) is 7.39. The molecule has 0 amide bonds. The van der Waals surface area contributed by atoms with E-state index in [1.54, 1.807) is 0 Å². The van der Waals surface area contributed by atoms with Crippen molar-refractivity contribution in [3.05, 3.63) is 0 Å². The molecule has 0 aliphatic rings. The molecule has 0 heterocycles. The van der Waals surface area contributed by atoms with E-state index < -0.39 is 11.7 Å². The van der Waals surface area contributed by atoms with Crippen molar-refractivity contribution in [1.29, 1.82) is 0 Å². The summed E-state index contributed by atoms with van der Waals surface area (Å²) in [5.41, 5.74) is -0.459. The third kappa shape index (κ3) is 9.97. The smallest absolute Gasteiger partial charge is 0.308 e. The molecule has 0 spiro atoms. The summed E-state index contributed by atoms with van der Waals surface area (Å²) in [6.45, 7) is 7.65. The summed E-state index contributed by atoms with van der Waals surface area (Å²) in [6, 6.07) is 0. The fourth-order valence-electron chi connectivity index (χ4n) is 1.48. The summed E-state index contributed by atoms with van der Waals surface area (Å²) in [7, 11) is 0. The Bertz CT molecular complexity index is 194. The van der Waals surface area contributed by atoms with Crippen LogP contribution < -0.4 is 0 Å². The zero-order chi connectivity index (χ0) is 12.6. The normalized spacial score (nSPS) is 13.6. The Balaban J connectivity index is 3.62. The van der Waals surface area contributed by atoms with Gasteiger partial charge in [0.1, 0.15) is 5.60 Å². The zero-order valence-corrected chi connectivity index (χ0v) is 11.1. The van der Waals surface area contributed by atoms with Gasteiger partial charge in [-0.3, -0.25) is 4.79 Å². The number of carbonyl (C=O) groups excluding carboxylic acids is 1.